The monoisotopic (exact) mass is 168 g/mol. The van der Waals surface area contributed by atoms with Gasteiger partial charge in [0.15, 0.2) is 0 Å². The highest BCUT2D eigenvalue weighted by Gasteiger charge is 2.33. The lowest BCUT2D eigenvalue weighted by atomic mass is 9.97. The maximum absolute atomic E-state index is 5.89. The Morgan fingerprint density at radius 2 is 1.83 bits per heavy atom. The summed E-state index contributed by atoms with van der Waals surface area (Å²) < 4.78 is 5.89. The normalized spacial score (nSPS) is 48.5. The van der Waals surface area contributed by atoms with Gasteiger partial charge < -0.3 is 4.74 Å². The van der Waals surface area contributed by atoms with E-state index in [1.165, 1.54) is 32.1 Å². The van der Waals surface area contributed by atoms with Crippen LogP contribution in [0.4, 0.5) is 0 Å². The fourth-order valence-electron chi connectivity index (χ4n) is 2.77. The van der Waals surface area contributed by atoms with Gasteiger partial charge in [-0.3, -0.25) is 0 Å². The number of hydrogen-bond acceptors (Lipinski definition) is 1. The van der Waals surface area contributed by atoms with Crippen molar-refractivity contribution < 1.29 is 4.74 Å². The molecule has 1 heteroatoms. The highest BCUT2D eigenvalue weighted by Crippen LogP contribution is 2.38. The predicted octanol–water partition coefficient (Wildman–Crippen LogP) is 2.99. The van der Waals surface area contributed by atoms with Crippen molar-refractivity contribution in [2.24, 2.45) is 11.8 Å². The van der Waals surface area contributed by atoms with Crippen molar-refractivity contribution in [3.05, 3.63) is 0 Å². The number of rotatable bonds is 1. The molecule has 12 heavy (non-hydrogen) atoms. The summed E-state index contributed by atoms with van der Waals surface area (Å²) in [5.74, 6) is 1.85. The van der Waals surface area contributed by atoms with Crippen LogP contribution < -0.4 is 0 Å². The molecule has 4 atom stereocenters. The largest absolute Gasteiger partial charge is 0.375 e. The molecule has 1 saturated heterocycles. The van der Waals surface area contributed by atoms with E-state index >= 15 is 0 Å². The standard InChI is InChI=1S/C11H20O/c1-8-3-5-10(7-8)11-6-4-9(2)12-11/h8-11H,3-7H2,1-2H3. The van der Waals surface area contributed by atoms with Gasteiger partial charge in [0.25, 0.3) is 0 Å². The van der Waals surface area contributed by atoms with Crippen LogP contribution in [0.15, 0.2) is 0 Å². The Bertz CT molecular complexity index is 137. The van der Waals surface area contributed by atoms with Crippen molar-refractivity contribution in [2.75, 3.05) is 0 Å². The Morgan fingerprint density at radius 3 is 2.33 bits per heavy atom. The lowest BCUT2D eigenvalue weighted by molar-refractivity contribution is 0.0201. The Labute approximate surface area is 75.5 Å². The summed E-state index contributed by atoms with van der Waals surface area (Å²) >= 11 is 0. The summed E-state index contributed by atoms with van der Waals surface area (Å²) in [6.45, 7) is 4.58. The van der Waals surface area contributed by atoms with Crippen molar-refractivity contribution in [2.45, 2.75) is 58.2 Å². The van der Waals surface area contributed by atoms with Crippen LogP contribution in [0.3, 0.4) is 0 Å². The molecule has 2 aliphatic rings. The van der Waals surface area contributed by atoms with E-state index < -0.39 is 0 Å². The fourth-order valence-corrected chi connectivity index (χ4v) is 2.77. The molecule has 1 aliphatic carbocycles. The molecule has 1 nitrogen and oxygen atoms in total. The quantitative estimate of drug-likeness (QED) is 0.585. The van der Waals surface area contributed by atoms with Gasteiger partial charge in [0.2, 0.25) is 0 Å². The first-order chi connectivity index (χ1) is 5.75. The molecule has 0 radical (unpaired) electrons. The minimum atomic E-state index is 0.533. The van der Waals surface area contributed by atoms with Gasteiger partial charge >= 0.3 is 0 Å². The lowest BCUT2D eigenvalue weighted by Crippen LogP contribution is -2.18. The summed E-state index contributed by atoms with van der Waals surface area (Å²) in [5, 5.41) is 0. The second kappa shape index (κ2) is 3.37. The smallest absolute Gasteiger partial charge is 0.0607 e. The predicted molar refractivity (Wildman–Crippen MR) is 50.1 cm³/mol. The Kier molecular flexibility index (Phi) is 2.40. The van der Waals surface area contributed by atoms with E-state index in [0.29, 0.717) is 12.2 Å². The van der Waals surface area contributed by atoms with E-state index in [9.17, 15) is 0 Å². The van der Waals surface area contributed by atoms with Gasteiger partial charge in [0.1, 0.15) is 0 Å². The van der Waals surface area contributed by atoms with E-state index in [1.807, 2.05) is 0 Å². The number of ether oxygens (including phenoxy) is 1. The molecule has 0 aromatic heterocycles. The lowest BCUT2D eigenvalue weighted by Gasteiger charge is -2.18. The Hall–Kier alpha value is -0.0400. The van der Waals surface area contributed by atoms with Crippen LogP contribution in [0.5, 0.6) is 0 Å². The van der Waals surface area contributed by atoms with E-state index in [2.05, 4.69) is 13.8 Å². The van der Waals surface area contributed by atoms with Crippen LogP contribution in [0.1, 0.15) is 46.0 Å². The summed E-state index contributed by atoms with van der Waals surface area (Å²) in [7, 11) is 0. The second-order valence-corrected chi connectivity index (χ2v) is 4.74. The van der Waals surface area contributed by atoms with Crippen molar-refractivity contribution >= 4 is 0 Å². The van der Waals surface area contributed by atoms with Crippen molar-refractivity contribution in [1.82, 2.24) is 0 Å². The van der Waals surface area contributed by atoms with Gasteiger partial charge in [-0.25, -0.2) is 0 Å². The molecular formula is C11H20O. The molecule has 4 unspecified atom stereocenters. The fraction of sp³-hybridized carbons (Fsp3) is 1.00. The van der Waals surface area contributed by atoms with E-state index in [1.54, 1.807) is 0 Å². The van der Waals surface area contributed by atoms with E-state index in [4.69, 9.17) is 4.74 Å². The van der Waals surface area contributed by atoms with Crippen LogP contribution in [-0.4, -0.2) is 12.2 Å². The van der Waals surface area contributed by atoms with Crippen LogP contribution in [-0.2, 0) is 4.74 Å². The van der Waals surface area contributed by atoms with Gasteiger partial charge in [-0.05, 0) is 44.4 Å². The highest BCUT2D eigenvalue weighted by atomic mass is 16.5. The molecule has 0 amide bonds. The number of hydrogen-bond donors (Lipinski definition) is 0. The minimum absolute atomic E-state index is 0.533. The third-order valence-electron chi connectivity index (χ3n) is 3.53. The third kappa shape index (κ3) is 1.66. The van der Waals surface area contributed by atoms with Gasteiger partial charge in [-0.2, -0.15) is 0 Å². The first kappa shape index (κ1) is 8.55. The molecule has 70 valence electrons. The van der Waals surface area contributed by atoms with Gasteiger partial charge in [-0.1, -0.05) is 13.3 Å². The molecule has 1 aliphatic heterocycles. The van der Waals surface area contributed by atoms with Crippen molar-refractivity contribution in [3.8, 4) is 0 Å². The molecule has 0 aromatic rings. The molecule has 1 saturated carbocycles. The molecule has 2 fully saturated rings. The maximum atomic E-state index is 5.89. The van der Waals surface area contributed by atoms with E-state index in [0.717, 1.165) is 11.8 Å². The first-order valence-corrected chi connectivity index (χ1v) is 5.41. The SMILES string of the molecule is CC1CCC(C2CCC(C)O2)C1. The average molecular weight is 168 g/mol. The average Bonchev–Trinajstić information content (AvgIpc) is 2.58. The zero-order valence-corrected chi connectivity index (χ0v) is 8.25. The third-order valence-corrected chi connectivity index (χ3v) is 3.53. The molecule has 2 rings (SSSR count). The van der Waals surface area contributed by atoms with Crippen LogP contribution >= 0.6 is 0 Å². The van der Waals surface area contributed by atoms with Crippen LogP contribution in [0.2, 0.25) is 0 Å². The summed E-state index contributed by atoms with van der Waals surface area (Å²) in [4.78, 5) is 0. The van der Waals surface area contributed by atoms with Gasteiger partial charge in [0.05, 0.1) is 12.2 Å². The summed E-state index contributed by atoms with van der Waals surface area (Å²) in [5.41, 5.74) is 0. The summed E-state index contributed by atoms with van der Waals surface area (Å²) in [6.07, 6.45) is 8.01. The molecule has 1 heterocycles. The zero-order chi connectivity index (χ0) is 8.55. The zero-order valence-electron chi connectivity index (χ0n) is 8.25. The maximum Gasteiger partial charge on any atom is 0.0607 e. The molecular weight excluding hydrogens is 148 g/mol. The van der Waals surface area contributed by atoms with Crippen LogP contribution in [0.25, 0.3) is 0 Å². The van der Waals surface area contributed by atoms with Crippen LogP contribution in [0, 0.1) is 11.8 Å². The van der Waals surface area contributed by atoms with Gasteiger partial charge in [0, 0.05) is 0 Å². The minimum Gasteiger partial charge on any atom is -0.375 e. The van der Waals surface area contributed by atoms with Gasteiger partial charge in [-0.15, -0.1) is 0 Å². The molecule has 0 bridgehead atoms. The highest BCUT2D eigenvalue weighted by molar-refractivity contribution is 4.83. The van der Waals surface area contributed by atoms with Crippen molar-refractivity contribution in [3.63, 3.8) is 0 Å². The van der Waals surface area contributed by atoms with E-state index in [-0.39, 0.29) is 0 Å². The van der Waals surface area contributed by atoms with Crippen molar-refractivity contribution in [1.29, 1.82) is 0 Å². The molecule has 0 aromatic carbocycles. The molecule has 0 spiro atoms. The first-order valence-electron chi connectivity index (χ1n) is 5.41. The Balaban J connectivity index is 1.85. The second-order valence-electron chi connectivity index (χ2n) is 4.74. The Morgan fingerprint density at radius 1 is 1.00 bits per heavy atom. The summed E-state index contributed by atoms with van der Waals surface area (Å²) in [6, 6.07) is 0. The topological polar surface area (TPSA) is 9.23 Å². The molecule has 0 N–H and O–H groups in total.